The summed E-state index contributed by atoms with van der Waals surface area (Å²) in [5.41, 5.74) is 2.00. The number of hydrogen-bond donors (Lipinski definition) is 0. The van der Waals surface area contributed by atoms with Gasteiger partial charge >= 0.3 is 0 Å². The van der Waals surface area contributed by atoms with Crippen molar-refractivity contribution in [2.24, 2.45) is 0 Å². The van der Waals surface area contributed by atoms with Crippen LogP contribution in [0.3, 0.4) is 0 Å². The average Bonchev–Trinajstić information content (AvgIpc) is 2.36. The Morgan fingerprint density at radius 1 is 0.810 bits per heavy atom. The summed E-state index contributed by atoms with van der Waals surface area (Å²) in [4.78, 5) is 0. The first-order valence-electron chi connectivity index (χ1n) is 7.46. The normalized spacial score (nSPS) is 13.7. The average molecular weight is 321 g/mol. The molecular formula is C19H26ClP. The predicted octanol–water partition coefficient (Wildman–Crippen LogP) is 6.44. The maximum absolute atomic E-state index is 6.50. The first-order valence-corrected chi connectivity index (χ1v) is 9.76. The van der Waals surface area contributed by atoms with E-state index in [4.69, 9.17) is 11.6 Å². The van der Waals surface area contributed by atoms with Gasteiger partial charge in [-0.3, -0.25) is 0 Å². The van der Waals surface area contributed by atoms with Crippen molar-refractivity contribution in [3.63, 3.8) is 0 Å². The second-order valence-electron chi connectivity index (χ2n) is 7.69. The first kappa shape index (κ1) is 16.8. The van der Waals surface area contributed by atoms with E-state index in [1.165, 1.54) is 16.1 Å². The Labute approximate surface area is 135 Å². The van der Waals surface area contributed by atoms with E-state index in [9.17, 15) is 0 Å². The van der Waals surface area contributed by atoms with Crippen molar-refractivity contribution in [3.05, 3.63) is 48.1 Å². The van der Waals surface area contributed by atoms with Crippen LogP contribution in [0.5, 0.6) is 0 Å². The van der Waals surface area contributed by atoms with Crippen LogP contribution in [0.1, 0.15) is 41.5 Å². The molecule has 0 N–H and O–H groups in total. The van der Waals surface area contributed by atoms with Gasteiger partial charge in [-0.25, -0.2) is 0 Å². The van der Waals surface area contributed by atoms with Crippen LogP contribution in [0.4, 0.5) is 0 Å². The van der Waals surface area contributed by atoms with Crippen LogP contribution >= 0.6 is 18.9 Å². The van der Waals surface area contributed by atoms with Crippen LogP contribution in [0.15, 0.2) is 42.5 Å². The van der Waals surface area contributed by atoms with Gasteiger partial charge in [0.2, 0.25) is 0 Å². The fourth-order valence-corrected chi connectivity index (χ4v) is 10.5. The topological polar surface area (TPSA) is 0 Å². The van der Waals surface area contributed by atoms with E-state index in [1.54, 1.807) is 0 Å². The molecule has 0 atom stereocenters. The molecule has 0 nitrogen and oxygen atoms in total. The van der Waals surface area contributed by atoms with Gasteiger partial charge in [0.15, 0.2) is 0 Å². The Hall–Kier alpha value is -0.580. The fourth-order valence-electron chi connectivity index (χ4n) is 3.53. The molecule has 0 fully saturated rings. The lowest BCUT2D eigenvalue weighted by molar-refractivity contribution is 0.701. The van der Waals surface area contributed by atoms with E-state index in [0.29, 0.717) is 0 Å². The molecule has 2 aromatic rings. The van der Waals surface area contributed by atoms with Gasteiger partial charge in [0.25, 0.3) is 0 Å². The van der Waals surface area contributed by atoms with Gasteiger partial charge in [-0.05, 0) is 64.4 Å². The highest BCUT2D eigenvalue weighted by atomic mass is 35.5. The van der Waals surface area contributed by atoms with Crippen LogP contribution in [0.25, 0.3) is 10.8 Å². The van der Waals surface area contributed by atoms with Crippen molar-refractivity contribution in [1.29, 1.82) is 0 Å². The minimum absolute atomic E-state index is 0.134. The molecule has 2 aromatic carbocycles. The van der Waals surface area contributed by atoms with Crippen LogP contribution in [-0.4, -0.2) is 10.3 Å². The van der Waals surface area contributed by atoms with Gasteiger partial charge in [-0.2, -0.15) is 0 Å². The summed E-state index contributed by atoms with van der Waals surface area (Å²) in [6.45, 7) is 13.9. The molecule has 0 radical (unpaired) electrons. The Morgan fingerprint density at radius 3 is 1.81 bits per heavy atom. The first-order chi connectivity index (χ1) is 9.63. The third-order valence-electron chi connectivity index (χ3n) is 4.40. The zero-order valence-corrected chi connectivity index (χ0v) is 15.6. The van der Waals surface area contributed by atoms with Gasteiger partial charge in [0, 0.05) is 0 Å². The fraction of sp³-hybridized carbons (Fsp3) is 0.421. The molecule has 0 unspecified atom stereocenters. The van der Waals surface area contributed by atoms with Crippen LogP contribution < -0.4 is 5.30 Å². The number of rotatable bonds is 2. The molecule has 0 saturated heterocycles. The summed E-state index contributed by atoms with van der Waals surface area (Å²) in [6, 6.07) is 15.4. The van der Waals surface area contributed by atoms with Crippen molar-refractivity contribution in [3.8, 4) is 0 Å². The highest BCUT2D eigenvalue weighted by Crippen LogP contribution is 2.78. The standard InChI is InChI=1S/C19H26ClP/c1-18(2,3)21(14-20,19(4,5)6)17-12-11-15-9-7-8-10-16(15)13-17/h7-14H,1-6H3. The summed E-state index contributed by atoms with van der Waals surface area (Å²) in [5, 5.41) is 4.25. The molecule has 0 heterocycles. The largest absolute Gasteiger partial charge is 0.304 e. The van der Waals surface area contributed by atoms with Crippen molar-refractivity contribution < 1.29 is 0 Å². The zero-order chi connectivity index (χ0) is 15.9. The third-order valence-corrected chi connectivity index (χ3v) is 10.9. The van der Waals surface area contributed by atoms with E-state index in [0.717, 1.165) is 0 Å². The molecule has 0 aliphatic heterocycles. The molecule has 0 aliphatic rings. The highest BCUT2D eigenvalue weighted by Gasteiger charge is 2.52. The Balaban J connectivity index is 2.75. The van der Waals surface area contributed by atoms with Crippen LogP contribution in [-0.2, 0) is 0 Å². The molecular weight excluding hydrogens is 295 g/mol. The van der Waals surface area contributed by atoms with Gasteiger partial charge in [0.1, 0.15) is 0 Å². The SMILES string of the molecule is CC(C)(C)[P+]([CH-]Cl)(c1ccc2ccccc2c1)C(C)(C)C. The molecule has 0 aromatic heterocycles. The van der Waals surface area contributed by atoms with Gasteiger partial charge < -0.3 is 11.6 Å². The second kappa shape index (κ2) is 5.56. The van der Waals surface area contributed by atoms with Crippen molar-refractivity contribution >= 4 is 34.9 Å². The molecule has 21 heavy (non-hydrogen) atoms. The lowest BCUT2D eigenvalue weighted by Crippen LogP contribution is -2.39. The highest BCUT2D eigenvalue weighted by molar-refractivity contribution is 7.88. The number of hydrogen-bond acceptors (Lipinski definition) is 0. The number of halogens is 1. The van der Waals surface area contributed by atoms with E-state index in [2.05, 4.69) is 84.0 Å². The third kappa shape index (κ3) is 2.73. The minimum Gasteiger partial charge on any atom is -0.304 e. The van der Waals surface area contributed by atoms with Gasteiger partial charge in [0.05, 0.1) is 15.6 Å². The number of benzene rings is 2. The molecule has 0 aliphatic carbocycles. The number of fused-ring (bicyclic) bond motifs is 1. The van der Waals surface area contributed by atoms with E-state index in [-0.39, 0.29) is 10.3 Å². The quantitative estimate of drug-likeness (QED) is 0.441. The summed E-state index contributed by atoms with van der Waals surface area (Å²) >= 11 is 6.50. The van der Waals surface area contributed by atoms with Crippen LogP contribution in [0, 0.1) is 5.62 Å². The predicted molar refractivity (Wildman–Crippen MR) is 100 cm³/mol. The molecule has 0 amide bonds. The van der Waals surface area contributed by atoms with E-state index in [1.807, 2.05) is 5.62 Å². The Morgan fingerprint density at radius 2 is 1.33 bits per heavy atom. The Bertz CT molecular complexity index is 618. The summed E-state index contributed by atoms with van der Waals surface area (Å²) in [6.07, 6.45) is 0. The van der Waals surface area contributed by atoms with Gasteiger partial charge in [-0.1, -0.05) is 43.2 Å². The maximum atomic E-state index is 6.50. The second-order valence-corrected chi connectivity index (χ2v) is 13.1. The molecule has 114 valence electrons. The smallest absolute Gasteiger partial charge is 0.0676 e. The van der Waals surface area contributed by atoms with Crippen molar-refractivity contribution in [2.75, 3.05) is 0 Å². The molecule has 0 saturated carbocycles. The minimum atomic E-state index is -1.66. The lowest BCUT2D eigenvalue weighted by Gasteiger charge is -2.52. The van der Waals surface area contributed by atoms with E-state index >= 15 is 0 Å². The molecule has 0 spiro atoms. The lowest BCUT2D eigenvalue weighted by atomic mass is 10.1. The maximum Gasteiger partial charge on any atom is 0.0676 e. The summed E-state index contributed by atoms with van der Waals surface area (Å²) < 4.78 is 0. The molecule has 2 heteroatoms. The molecule has 0 bridgehead atoms. The van der Waals surface area contributed by atoms with E-state index < -0.39 is 7.26 Å². The van der Waals surface area contributed by atoms with Crippen molar-refractivity contribution in [2.45, 2.75) is 51.9 Å². The molecule has 2 rings (SSSR count). The summed E-state index contributed by atoms with van der Waals surface area (Å²) in [5.74, 6) is 0. The summed E-state index contributed by atoms with van der Waals surface area (Å²) in [7, 11) is -1.66. The van der Waals surface area contributed by atoms with Crippen LogP contribution in [0.2, 0.25) is 0 Å². The van der Waals surface area contributed by atoms with Gasteiger partial charge in [-0.15, -0.1) is 0 Å². The zero-order valence-electron chi connectivity index (χ0n) is 13.9. The Kier molecular flexibility index (Phi) is 4.45. The van der Waals surface area contributed by atoms with Crippen molar-refractivity contribution in [1.82, 2.24) is 0 Å². The monoisotopic (exact) mass is 320 g/mol.